The van der Waals surface area contributed by atoms with E-state index in [0.29, 0.717) is 12.1 Å². The van der Waals surface area contributed by atoms with Gasteiger partial charge in [-0.05, 0) is 58.8 Å². The number of fused-ring (bicyclic) bond motifs is 1. The Labute approximate surface area is 132 Å². The third kappa shape index (κ3) is 3.25. The van der Waals surface area contributed by atoms with Crippen molar-refractivity contribution in [2.75, 3.05) is 38.6 Å². The standard InChI is InChI=1S/C16H28N4S/c1-4-17-13-6-5-7-14-15(13)21-16(18-14)20(3)12-8-10-19(2)11-9-12/h12-13,17H,4-11H2,1-3H3. The first-order valence-electron chi connectivity index (χ1n) is 8.33. The molecule has 0 saturated carbocycles. The van der Waals surface area contributed by atoms with Gasteiger partial charge in [-0.2, -0.15) is 0 Å². The minimum Gasteiger partial charge on any atom is -0.348 e. The zero-order chi connectivity index (χ0) is 14.8. The Hall–Kier alpha value is -0.650. The molecular formula is C16H28N4S. The molecule has 1 aromatic heterocycles. The van der Waals surface area contributed by atoms with Crippen LogP contribution in [0, 0.1) is 0 Å². The van der Waals surface area contributed by atoms with Crippen molar-refractivity contribution >= 4 is 16.5 Å². The fourth-order valence-electron chi connectivity index (χ4n) is 3.54. The second kappa shape index (κ2) is 6.63. The molecule has 0 bridgehead atoms. The average molecular weight is 308 g/mol. The van der Waals surface area contributed by atoms with E-state index >= 15 is 0 Å². The molecule has 21 heavy (non-hydrogen) atoms. The molecule has 0 spiro atoms. The van der Waals surface area contributed by atoms with Gasteiger partial charge in [-0.15, -0.1) is 0 Å². The molecule has 5 heteroatoms. The minimum atomic E-state index is 0.538. The number of hydrogen-bond donors (Lipinski definition) is 1. The summed E-state index contributed by atoms with van der Waals surface area (Å²) < 4.78 is 0. The molecule has 1 saturated heterocycles. The predicted octanol–water partition coefficient (Wildman–Crippen LogP) is 2.66. The van der Waals surface area contributed by atoms with Crippen molar-refractivity contribution in [3.8, 4) is 0 Å². The summed E-state index contributed by atoms with van der Waals surface area (Å²) in [5, 5.41) is 4.86. The van der Waals surface area contributed by atoms with Gasteiger partial charge in [-0.25, -0.2) is 4.98 Å². The SMILES string of the molecule is CCNC1CCCc2nc(N(C)C3CCN(C)CC3)sc21. The lowest BCUT2D eigenvalue weighted by atomic mass is 9.98. The number of likely N-dealkylation sites (tertiary alicyclic amines) is 1. The van der Waals surface area contributed by atoms with Crippen LogP contribution in [0.15, 0.2) is 0 Å². The molecule has 4 nitrogen and oxygen atoms in total. The van der Waals surface area contributed by atoms with E-state index in [1.807, 2.05) is 11.3 Å². The van der Waals surface area contributed by atoms with Gasteiger partial charge < -0.3 is 15.1 Å². The Bertz CT molecular complexity index is 465. The van der Waals surface area contributed by atoms with Crippen LogP contribution in [-0.2, 0) is 6.42 Å². The van der Waals surface area contributed by atoms with Gasteiger partial charge in [0, 0.05) is 24.0 Å². The number of piperidine rings is 1. The van der Waals surface area contributed by atoms with Crippen LogP contribution in [0.3, 0.4) is 0 Å². The van der Waals surface area contributed by atoms with E-state index in [2.05, 4.69) is 36.1 Å². The second-order valence-corrected chi connectivity index (χ2v) is 7.46. The van der Waals surface area contributed by atoms with E-state index < -0.39 is 0 Å². The zero-order valence-electron chi connectivity index (χ0n) is 13.6. The molecule has 2 heterocycles. The molecule has 1 atom stereocenters. The Morgan fingerprint density at radius 1 is 1.33 bits per heavy atom. The quantitative estimate of drug-likeness (QED) is 0.926. The van der Waals surface area contributed by atoms with Gasteiger partial charge in [0.25, 0.3) is 0 Å². The molecule has 1 aliphatic heterocycles. The Balaban J connectivity index is 1.74. The third-order valence-corrected chi connectivity index (χ3v) is 6.23. The van der Waals surface area contributed by atoms with Gasteiger partial charge >= 0.3 is 0 Å². The topological polar surface area (TPSA) is 31.4 Å². The molecule has 1 aromatic rings. The molecule has 3 rings (SSSR count). The maximum atomic E-state index is 4.97. The summed E-state index contributed by atoms with van der Waals surface area (Å²) >= 11 is 1.92. The Morgan fingerprint density at radius 3 is 2.81 bits per heavy atom. The van der Waals surface area contributed by atoms with Gasteiger partial charge in [0.05, 0.1) is 5.69 Å². The lowest BCUT2D eigenvalue weighted by Gasteiger charge is -2.34. The summed E-state index contributed by atoms with van der Waals surface area (Å²) in [6, 6.07) is 1.20. The van der Waals surface area contributed by atoms with Crippen LogP contribution in [0.25, 0.3) is 0 Å². The van der Waals surface area contributed by atoms with E-state index in [-0.39, 0.29) is 0 Å². The highest BCUT2D eigenvalue weighted by molar-refractivity contribution is 7.15. The first-order chi connectivity index (χ1) is 10.2. The minimum absolute atomic E-state index is 0.538. The van der Waals surface area contributed by atoms with Gasteiger partial charge in [0.15, 0.2) is 5.13 Å². The van der Waals surface area contributed by atoms with E-state index in [1.165, 1.54) is 54.5 Å². The molecule has 118 valence electrons. The van der Waals surface area contributed by atoms with E-state index in [1.54, 1.807) is 0 Å². The van der Waals surface area contributed by atoms with Crippen LogP contribution in [0.4, 0.5) is 5.13 Å². The number of hydrogen-bond acceptors (Lipinski definition) is 5. The van der Waals surface area contributed by atoms with Gasteiger partial charge in [-0.3, -0.25) is 0 Å². The molecule has 1 unspecified atom stereocenters. The van der Waals surface area contributed by atoms with Crippen molar-refractivity contribution in [1.29, 1.82) is 0 Å². The monoisotopic (exact) mass is 308 g/mol. The van der Waals surface area contributed by atoms with Crippen LogP contribution in [0.2, 0.25) is 0 Å². The van der Waals surface area contributed by atoms with Crippen LogP contribution < -0.4 is 10.2 Å². The summed E-state index contributed by atoms with van der Waals surface area (Å²) in [4.78, 5) is 11.3. The van der Waals surface area contributed by atoms with Crippen molar-refractivity contribution in [1.82, 2.24) is 15.2 Å². The highest BCUT2D eigenvalue weighted by Gasteiger charge is 2.27. The van der Waals surface area contributed by atoms with Crippen molar-refractivity contribution in [3.05, 3.63) is 10.6 Å². The molecule has 0 aromatic carbocycles. The molecule has 1 fully saturated rings. The number of aryl methyl sites for hydroxylation is 1. The van der Waals surface area contributed by atoms with Gasteiger partial charge in [-0.1, -0.05) is 18.3 Å². The maximum Gasteiger partial charge on any atom is 0.185 e. The van der Waals surface area contributed by atoms with Gasteiger partial charge in [0.2, 0.25) is 0 Å². The molecule has 1 aliphatic carbocycles. The van der Waals surface area contributed by atoms with E-state index in [0.717, 1.165) is 13.0 Å². The second-order valence-electron chi connectivity index (χ2n) is 6.46. The van der Waals surface area contributed by atoms with Crippen LogP contribution in [0.5, 0.6) is 0 Å². The number of nitrogens with one attached hydrogen (secondary N) is 1. The average Bonchev–Trinajstić information content (AvgIpc) is 2.93. The van der Waals surface area contributed by atoms with Crippen molar-refractivity contribution in [3.63, 3.8) is 0 Å². The molecule has 1 N–H and O–H groups in total. The fourth-order valence-corrected chi connectivity index (χ4v) is 4.79. The van der Waals surface area contributed by atoms with E-state index in [4.69, 9.17) is 4.98 Å². The third-order valence-electron chi connectivity index (χ3n) is 4.93. The number of thiazole rings is 1. The Kier molecular flexibility index (Phi) is 4.82. The smallest absolute Gasteiger partial charge is 0.185 e. The first kappa shape index (κ1) is 15.3. The lowest BCUT2D eigenvalue weighted by molar-refractivity contribution is 0.253. The Morgan fingerprint density at radius 2 is 2.10 bits per heavy atom. The fraction of sp³-hybridized carbons (Fsp3) is 0.812. The maximum absolute atomic E-state index is 4.97. The summed E-state index contributed by atoms with van der Waals surface area (Å²) in [5.74, 6) is 0. The van der Waals surface area contributed by atoms with Crippen LogP contribution in [-0.4, -0.2) is 49.7 Å². The van der Waals surface area contributed by atoms with E-state index in [9.17, 15) is 0 Å². The first-order valence-corrected chi connectivity index (χ1v) is 9.15. The molecular weight excluding hydrogens is 280 g/mol. The normalized spacial score (nSPS) is 24.0. The molecule has 2 aliphatic rings. The van der Waals surface area contributed by atoms with Crippen molar-refractivity contribution < 1.29 is 0 Å². The molecule has 0 amide bonds. The summed E-state index contributed by atoms with van der Waals surface area (Å²) in [6.07, 6.45) is 6.21. The highest BCUT2D eigenvalue weighted by Crippen LogP contribution is 2.38. The lowest BCUT2D eigenvalue weighted by Crippen LogP contribution is -2.41. The summed E-state index contributed by atoms with van der Waals surface area (Å²) in [5.41, 5.74) is 1.35. The predicted molar refractivity (Wildman–Crippen MR) is 90.4 cm³/mol. The number of anilines is 1. The van der Waals surface area contributed by atoms with Crippen molar-refractivity contribution in [2.45, 2.75) is 51.1 Å². The van der Waals surface area contributed by atoms with Crippen LogP contribution in [0.1, 0.15) is 49.2 Å². The van der Waals surface area contributed by atoms with Gasteiger partial charge in [0.1, 0.15) is 0 Å². The summed E-state index contributed by atoms with van der Waals surface area (Å²) in [7, 11) is 4.46. The summed E-state index contributed by atoms with van der Waals surface area (Å²) in [6.45, 7) is 5.66. The zero-order valence-corrected chi connectivity index (χ0v) is 14.4. The number of nitrogens with zero attached hydrogens (tertiary/aromatic N) is 3. The number of aromatic nitrogens is 1. The molecule has 0 radical (unpaired) electrons. The van der Waals surface area contributed by atoms with Crippen molar-refractivity contribution in [2.24, 2.45) is 0 Å². The highest BCUT2D eigenvalue weighted by atomic mass is 32.1. The van der Waals surface area contributed by atoms with Crippen LogP contribution >= 0.6 is 11.3 Å². The number of rotatable bonds is 4. The largest absolute Gasteiger partial charge is 0.348 e.